The third kappa shape index (κ3) is 2.59. The monoisotopic (exact) mass is 301 g/mol. The maximum atomic E-state index is 13.3. The molecule has 1 aliphatic rings. The van der Waals surface area contributed by atoms with Crippen LogP contribution in [-0.2, 0) is 19.0 Å². The molecule has 112 valence electrons. The highest BCUT2D eigenvalue weighted by Gasteiger charge is 2.34. The minimum Gasteiger partial charge on any atom is -0.192 e. The van der Waals surface area contributed by atoms with E-state index in [0.29, 0.717) is 5.56 Å². The zero-order valence-corrected chi connectivity index (χ0v) is 11.9. The average molecular weight is 301 g/mol. The van der Waals surface area contributed by atoms with Gasteiger partial charge in [-0.15, -0.1) is 0 Å². The number of nitrogens with zero attached hydrogens (tertiary/aromatic N) is 1. The van der Waals surface area contributed by atoms with Gasteiger partial charge in [-0.1, -0.05) is 18.2 Å². The van der Waals surface area contributed by atoms with Gasteiger partial charge in [-0.25, -0.2) is 0 Å². The Kier molecular flexibility index (Phi) is 3.66. The summed E-state index contributed by atoms with van der Waals surface area (Å²) in [5.74, 6) is 0. The molecule has 0 unspecified atom stereocenters. The Hall–Kier alpha value is -2.28. The number of aryl methyl sites for hydroxylation is 1. The van der Waals surface area contributed by atoms with Crippen LogP contribution in [0.3, 0.4) is 0 Å². The molecule has 0 radical (unpaired) electrons. The predicted molar refractivity (Wildman–Crippen MR) is 78.2 cm³/mol. The molecule has 4 heteroatoms. The van der Waals surface area contributed by atoms with E-state index < -0.39 is 11.7 Å². The largest absolute Gasteiger partial charge is 0.417 e. The molecule has 0 saturated heterocycles. The summed E-state index contributed by atoms with van der Waals surface area (Å²) in [5.41, 5.74) is 2.42. The van der Waals surface area contributed by atoms with Gasteiger partial charge in [-0.2, -0.15) is 18.4 Å². The molecule has 0 heterocycles. The summed E-state index contributed by atoms with van der Waals surface area (Å²) in [6.07, 6.45) is -0.674. The van der Waals surface area contributed by atoms with Crippen molar-refractivity contribution in [3.05, 3.63) is 58.7 Å². The first kappa shape index (κ1) is 14.6. The molecule has 0 amide bonds. The fraction of sp³-hybridized carbons (Fsp3) is 0.278. The number of hydrogen-bond donors (Lipinski definition) is 0. The summed E-state index contributed by atoms with van der Waals surface area (Å²) in [6.45, 7) is 0. The van der Waals surface area contributed by atoms with Crippen LogP contribution in [0.1, 0.15) is 35.1 Å². The van der Waals surface area contributed by atoms with Gasteiger partial charge < -0.3 is 0 Å². The van der Waals surface area contributed by atoms with Crippen molar-refractivity contribution in [2.75, 3.05) is 0 Å². The van der Waals surface area contributed by atoms with Gasteiger partial charge in [0.1, 0.15) is 0 Å². The molecule has 0 N–H and O–H groups in total. The quantitative estimate of drug-likeness (QED) is 0.717. The van der Waals surface area contributed by atoms with Crippen LogP contribution in [-0.4, -0.2) is 0 Å². The molecule has 2 aromatic rings. The van der Waals surface area contributed by atoms with Gasteiger partial charge in [0, 0.05) is 0 Å². The van der Waals surface area contributed by atoms with Gasteiger partial charge in [-0.05, 0) is 66.1 Å². The molecule has 0 atom stereocenters. The molecule has 0 fully saturated rings. The van der Waals surface area contributed by atoms with Crippen LogP contribution in [0.25, 0.3) is 11.1 Å². The predicted octanol–water partition coefficient (Wildman–Crippen LogP) is 5.12. The Bertz CT molecular complexity index is 754. The lowest BCUT2D eigenvalue weighted by Gasteiger charge is -2.21. The molecule has 1 nitrogen and oxygen atoms in total. The van der Waals surface area contributed by atoms with Crippen LogP contribution in [0.2, 0.25) is 0 Å². The van der Waals surface area contributed by atoms with Gasteiger partial charge in [-0.3, -0.25) is 0 Å². The summed E-state index contributed by atoms with van der Waals surface area (Å²) >= 11 is 0. The molecule has 0 aromatic heterocycles. The van der Waals surface area contributed by atoms with Crippen molar-refractivity contribution in [1.82, 2.24) is 0 Å². The molecule has 0 aliphatic heterocycles. The normalized spacial score (nSPS) is 14.3. The fourth-order valence-corrected chi connectivity index (χ4v) is 3.12. The number of rotatable bonds is 1. The van der Waals surface area contributed by atoms with Crippen LogP contribution in [0.5, 0.6) is 0 Å². The highest BCUT2D eigenvalue weighted by Crippen LogP contribution is 2.40. The number of nitriles is 1. The lowest BCUT2D eigenvalue weighted by atomic mass is 9.84. The second kappa shape index (κ2) is 5.49. The topological polar surface area (TPSA) is 23.8 Å². The Morgan fingerprint density at radius 1 is 0.955 bits per heavy atom. The fourth-order valence-electron chi connectivity index (χ4n) is 3.12. The maximum absolute atomic E-state index is 13.3. The first-order valence-corrected chi connectivity index (χ1v) is 7.23. The van der Waals surface area contributed by atoms with E-state index in [1.165, 1.54) is 12.1 Å². The Morgan fingerprint density at radius 3 is 2.45 bits per heavy atom. The Labute approximate surface area is 127 Å². The van der Waals surface area contributed by atoms with E-state index in [1.807, 2.05) is 12.1 Å². The van der Waals surface area contributed by atoms with Crippen LogP contribution < -0.4 is 0 Å². The molecule has 1 aliphatic carbocycles. The van der Waals surface area contributed by atoms with Crippen LogP contribution in [0.4, 0.5) is 13.2 Å². The van der Waals surface area contributed by atoms with E-state index >= 15 is 0 Å². The molecule has 0 bridgehead atoms. The van der Waals surface area contributed by atoms with E-state index in [4.69, 9.17) is 5.26 Å². The summed E-state index contributed by atoms with van der Waals surface area (Å²) in [5, 5.41) is 9.01. The van der Waals surface area contributed by atoms with Gasteiger partial charge >= 0.3 is 6.18 Å². The number of halogens is 3. The van der Waals surface area contributed by atoms with E-state index in [1.54, 1.807) is 12.1 Å². The molecular weight excluding hydrogens is 287 g/mol. The van der Waals surface area contributed by atoms with Crippen molar-refractivity contribution in [2.24, 2.45) is 0 Å². The van der Waals surface area contributed by atoms with Gasteiger partial charge in [0.15, 0.2) is 0 Å². The van der Waals surface area contributed by atoms with Crippen molar-refractivity contribution in [1.29, 1.82) is 5.26 Å². The smallest absolute Gasteiger partial charge is 0.192 e. The number of fused-ring (bicyclic) bond motifs is 1. The van der Waals surface area contributed by atoms with E-state index in [2.05, 4.69) is 0 Å². The molecule has 22 heavy (non-hydrogen) atoms. The lowest BCUT2D eigenvalue weighted by molar-refractivity contribution is -0.137. The third-order valence-electron chi connectivity index (χ3n) is 4.14. The zero-order chi connectivity index (χ0) is 15.7. The van der Waals surface area contributed by atoms with E-state index in [0.717, 1.165) is 42.9 Å². The maximum Gasteiger partial charge on any atom is 0.417 e. The minimum atomic E-state index is -4.43. The lowest BCUT2D eigenvalue weighted by Crippen LogP contribution is -2.10. The highest BCUT2D eigenvalue weighted by molar-refractivity contribution is 5.74. The van der Waals surface area contributed by atoms with Crippen LogP contribution in [0, 0.1) is 11.3 Å². The third-order valence-corrected chi connectivity index (χ3v) is 4.14. The summed E-state index contributed by atoms with van der Waals surface area (Å²) in [6, 6.07) is 11.0. The number of hydrogen-bond acceptors (Lipinski definition) is 1. The molecular formula is C18H14F3N. The minimum absolute atomic E-state index is 0.116. The Morgan fingerprint density at radius 2 is 1.73 bits per heavy atom. The summed E-state index contributed by atoms with van der Waals surface area (Å²) in [7, 11) is 0. The van der Waals surface area contributed by atoms with E-state index in [-0.39, 0.29) is 11.1 Å². The second-order valence-corrected chi connectivity index (χ2v) is 5.52. The van der Waals surface area contributed by atoms with Crippen molar-refractivity contribution in [2.45, 2.75) is 31.9 Å². The van der Waals surface area contributed by atoms with Crippen molar-refractivity contribution in [3.8, 4) is 17.2 Å². The summed E-state index contributed by atoms with van der Waals surface area (Å²) < 4.78 is 40.0. The standard InChI is InChI=1S/C18H14F3N/c19-18(20,21)17-9-8-12(11-22)10-16(17)15-7-3-5-13-4-1-2-6-14(13)15/h3,5,7-10H,1-2,4,6H2. The highest BCUT2D eigenvalue weighted by atomic mass is 19.4. The van der Waals surface area contributed by atoms with Crippen LogP contribution >= 0.6 is 0 Å². The molecule has 0 saturated carbocycles. The average Bonchev–Trinajstić information content (AvgIpc) is 2.53. The Balaban J connectivity index is 2.26. The molecule has 2 aromatic carbocycles. The van der Waals surface area contributed by atoms with Gasteiger partial charge in [0.05, 0.1) is 17.2 Å². The van der Waals surface area contributed by atoms with Crippen LogP contribution in [0.15, 0.2) is 36.4 Å². The van der Waals surface area contributed by atoms with Gasteiger partial charge in [0.25, 0.3) is 0 Å². The van der Waals surface area contributed by atoms with Crippen molar-refractivity contribution in [3.63, 3.8) is 0 Å². The van der Waals surface area contributed by atoms with Crippen molar-refractivity contribution >= 4 is 0 Å². The SMILES string of the molecule is N#Cc1ccc(C(F)(F)F)c(-c2cccc3c2CCCC3)c1. The summed E-state index contributed by atoms with van der Waals surface area (Å²) in [4.78, 5) is 0. The van der Waals surface area contributed by atoms with Gasteiger partial charge in [0.2, 0.25) is 0 Å². The first-order chi connectivity index (χ1) is 10.5. The number of alkyl halides is 3. The first-order valence-electron chi connectivity index (χ1n) is 7.23. The molecule has 3 rings (SSSR count). The van der Waals surface area contributed by atoms with Crippen molar-refractivity contribution < 1.29 is 13.2 Å². The zero-order valence-electron chi connectivity index (χ0n) is 11.9. The number of benzene rings is 2. The van der Waals surface area contributed by atoms with E-state index in [9.17, 15) is 13.2 Å². The molecule has 0 spiro atoms. The second-order valence-electron chi connectivity index (χ2n) is 5.52.